The van der Waals surface area contributed by atoms with Crippen LogP contribution in [0.5, 0.6) is 0 Å². The van der Waals surface area contributed by atoms with E-state index in [0.29, 0.717) is 6.42 Å². The summed E-state index contributed by atoms with van der Waals surface area (Å²) in [6, 6.07) is 0. The first-order chi connectivity index (χ1) is 6.15. The van der Waals surface area contributed by atoms with Crippen molar-refractivity contribution in [1.82, 2.24) is 0 Å². The Morgan fingerprint density at radius 1 is 1.77 bits per heavy atom. The number of carbonyl (C=O) groups is 2. The van der Waals surface area contributed by atoms with Crippen LogP contribution in [0, 0.1) is 5.92 Å². The van der Waals surface area contributed by atoms with Crippen LogP contribution >= 0.6 is 0 Å². The smallest absolute Gasteiger partial charge is 0.316 e. The van der Waals surface area contributed by atoms with Gasteiger partial charge in [0.2, 0.25) is 0 Å². The maximum atomic E-state index is 11.1. The average molecular weight is 182 g/mol. The fourth-order valence-corrected chi connectivity index (χ4v) is 1.47. The van der Waals surface area contributed by atoms with Gasteiger partial charge in [-0.25, -0.2) is 0 Å². The van der Waals surface area contributed by atoms with Crippen molar-refractivity contribution >= 4 is 11.8 Å². The number of esters is 1. The number of ketones is 1. The Kier molecular flexibility index (Phi) is 3.23. The summed E-state index contributed by atoms with van der Waals surface area (Å²) in [7, 11) is 0. The molecule has 0 aromatic heterocycles. The molecule has 1 saturated heterocycles. The molecule has 0 aliphatic carbocycles. The largest absolute Gasteiger partial charge is 0.462 e. The quantitative estimate of drug-likeness (QED) is 0.375. The maximum absolute atomic E-state index is 11.1. The molecule has 1 rings (SSSR count). The molecule has 0 amide bonds. The zero-order chi connectivity index (χ0) is 9.84. The van der Waals surface area contributed by atoms with Crippen molar-refractivity contribution < 1.29 is 14.3 Å². The predicted molar refractivity (Wildman–Crippen MR) is 48.1 cm³/mol. The van der Waals surface area contributed by atoms with E-state index >= 15 is 0 Å². The Balaban J connectivity index is 2.45. The van der Waals surface area contributed by atoms with Gasteiger partial charge in [-0.3, -0.25) is 9.59 Å². The highest BCUT2D eigenvalue weighted by molar-refractivity contribution is 5.98. The number of carbonyl (C=O) groups excluding carboxylic acids is 2. The molecule has 1 fully saturated rings. The van der Waals surface area contributed by atoms with E-state index in [-0.39, 0.29) is 17.9 Å². The van der Waals surface area contributed by atoms with Gasteiger partial charge in [-0.1, -0.05) is 6.08 Å². The molecule has 0 radical (unpaired) electrons. The molecular formula is C10H14O3. The zero-order valence-corrected chi connectivity index (χ0v) is 7.79. The molecule has 0 aromatic rings. The molecule has 2 unspecified atom stereocenters. The summed E-state index contributed by atoms with van der Waals surface area (Å²) in [5.41, 5.74) is 0. The van der Waals surface area contributed by atoms with E-state index in [1.165, 1.54) is 6.92 Å². The first kappa shape index (κ1) is 9.96. The summed E-state index contributed by atoms with van der Waals surface area (Å²) in [4.78, 5) is 22.1. The Labute approximate surface area is 77.8 Å². The van der Waals surface area contributed by atoms with Crippen molar-refractivity contribution in [2.75, 3.05) is 0 Å². The first-order valence-electron chi connectivity index (χ1n) is 4.47. The lowest BCUT2D eigenvalue weighted by Crippen LogP contribution is -2.15. The van der Waals surface area contributed by atoms with Crippen molar-refractivity contribution in [2.45, 2.75) is 32.3 Å². The predicted octanol–water partition coefficient (Wildman–Crippen LogP) is 1.47. The lowest BCUT2D eigenvalue weighted by molar-refractivity contribution is -0.146. The minimum Gasteiger partial charge on any atom is -0.462 e. The van der Waals surface area contributed by atoms with Crippen LogP contribution in [0.2, 0.25) is 0 Å². The van der Waals surface area contributed by atoms with Crippen LogP contribution in [0.25, 0.3) is 0 Å². The summed E-state index contributed by atoms with van der Waals surface area (Å²) in [5.74, 6) is -0.970. The highest BCUT2D eigenvalue weighted by atomic mass is 16.6. The highest BCUT2D eigenvalue weighted by Crippen LogP contribution is 2.24. The third kappa shape index (κ3) is 2.41. The van der Waals surface area contributed by atoms with E-state index in [4.69, 9.17) is 4.74 Å². The van der Waals surface area contributed by atoms with Crippen LogP contribution in [0.4, 0.5) is 0 Å². The summed E-state index contributed by atoms with van der Waals surface area (Å²) >= 11 is 0. The molecule has 3 heteroatoms. The zero-order valence-electron chi connectivity index (χ0n) is 7.79. The normalized spacial score (nSPS) is 27.0. The molecular weight excluding hydrogens is 168 g/mol. The van der Waals surface area contributed by atoms with Crippen LogP contribution in [0.1, 0.15) is 26.2 Å². The Morgan fingerprint density at radius 2 is 2.46 bits per heavy atom. The van der Waals surface area contributed by atoms with Gasteiger partial charge in [-0.2, -0.15) is 0 Å². The molecule has 1 aliphatic heterocycles. The number of hydrogen-bond donors (Lipinski definition) is 0. The van der Waals surface area contributed by atoms with Gasteiger partial charge in [0.25, 0.3) is 0 Å². The lowest BCUT2D eigenvalue weighted by atomic mass is 9.99. The van der Waals surface area contributed by atoms with Gasteiger partial charge in [0.05, 0.1) is 0 Å². The fraction of sp³-hybridized carbons (Fsp3) is 0.600. The lowest BCUT2D eigenvalue weighted by Gasteiger charge is -2.05. The summed E-state index contributed by atoms with van der Waals surface area (Å²) in [5, 5.41) is 0. The van der Waals surface area contributed by atoms with E-state index in [1.54, 1.807) is 6.08 Å². The SMILES string of the molecule is C=CCCC1CC(C(C)=O)C(=O)O1. The fourth-order valence-electron chi connectivity index (χ4n) is 1.47. The van der Waals surface area contributed by atoms with Crippen molar-refractivity contribution in [1.29, 1.82) is 0 Å². The molecule has 0 spiro atoms. The Hall–Kier alpha value is -1.12. The van der Waals surface area contributed by atoms with Crippen molar-refractivity contribution in [2.24, 2.45) is 5.92 Å². The number of allylic oxidation sites excluding steroid dienone is 1. The van der Waals surface area contributed by atoms with Crippen LogP contribution in [0.3, 0.4) is 0 Å². The van der Waals surface area contributed by atoms with Gasteiger partial charge >= 0.3 is 5.97 Å². The topological polar surface area (TPSA) is 43.4 Å². The van der Waals surface area contributed by atoms with Crippen molar-refractivity contribution in [3.63, 3.8) is 0 Å². The van der Waals surface area contributed by atoms with Gasteiger partial charge in [-0.05, 0) is 19.8 Å². The second kappa shape index (κ2) is 4.21. The van der Waals surface area contributed by atoms with E-state index in [1.807, 2.05) is 0 Å². The van der Waals surface area contributed by atoms with Crippen LogP contribution in [0.15, 0.2) is 12.7 Å². The van der Waals surface area contributed by atoms with Gasteiger partial charge in [0, 0.05) is 6.42 Å². The summed E-state index contributed by atoms with van der Waals surface area (Å²) in [6.07, 6.45) is 3.85. The second-order valence-corrected chi connectivity index (χ2v) is 3.32. The number of hydrogen-bond acceptors (Lipinski definition) is 3. The third-order valence-electron chi connectivity index (χ3n) is 2.25. The average Bonchev–Trinajstić information content (AvgIpc) is 2.43. The molecule has 1 heterocycles. The molecule has 13 heavy (non-hydrogen) atoms. The van der Waals surface area contributed by atoms with Crippen molar-refractivity contribution in [3.8, 4) is 0 Å². The summed E-state index contributed by atoms with van der Waals surface area (Å²) in [6.45, 7) is 5.02. The molecule has 0 bridgehead atoms. The van der Waals surface area contributed by atoms with Crippen LogP contribution in [-0.4, -0.2) is 17.9 Å². The van der Waals surface area contributed by atoms with E-state index in [9.17, 15) is 9.59 Å². The maximum Gasteiger partial charge on any atom is 0.316 e. The summed E-state index contributed by atoms with van der Waals surface area (Å²) < 4.78 is 5.03. The van der Waals surface area contributed by atoms with Gasteiger partial charge < -0.3 is 4.74 Å². The second-order valence-electron chi connectivity index (χ2n) is 3.32. The minimum atomic E-state index is -0.519. The minimum absolute atomic E-state index is 0.0839. The van der Waals surface area contributed by atoms with E-state index < -0.39 is 5.92 Å². The third-order valence-corrected chi connectivity index (χ3v) is 2.25. The van der Waals surface area contributed by atoms with E-state index in [2.05, 4.69) is 6.58 Å². The molecule has 1 aliphatic rings. The number of Topliss-reactive ketones (excluding diaryl/α,β-unsaturated/α-hetero) is 1. The molecule has 3 nitrogen and oxygen atoms in total. The van der Waals surface area contributed by atoms with Gasteiger partial charge in [0.15, 0.2) is 0 Å². The standard InChI is InChI=1S/C10H14O3/c1-3-4-5-8-6-9(7(2)11)10(12)13-8/h3,8-9H,1,4-6H2,2H3. The van der Waals surface area contributed by atoms with Crippen LogP contribution in [-0.2, 0) is 14.3 Å². The molecule has 0 aromatic carbocycles. The van der Waals surface area contributed by atoms with Gasteiger partial charge in [-0.15, -0.1) is 6.58 Å². The number of cyclic esters (lactones) is 1. The Bertz CT molecular complexity index is 232. The molecule has 0 N–H and O–H groups in total. The molecule has 0 saturated carbocycles. The highest BCUT2D eigenvalue weighted by Gasteiger charge is 2.36. The molecule has 2 atom stereocenters. The van der Waals surface area contributed by atoms with Gasteiger partial charge in [0.1, 0.15) is 17.8 Å². The van der Waals surface area contributed by atoms with Crippen LogP contribution < -0.4 is 0 Å². The number of rotatable bonds is 4. The number of ether oxygens (including phenoxy) is 1. The van der Waals surface area contributed by atoms with E-state index in [0.717, 1.165) is 12.8 Å². The molecule has 72 valence electrons. The Morgan fingerprint density at radius 3 is 2.92 bits per heavy atom. The monoisotopic (exact) mass is 182 g/mol. The van der Waals surface area contributed by atoms with Crippen molar-refractivity contribution in [3.05, 3.63) is 12.7 Å². The first-order valence-corrected chi connectivity index (χ1v) is 4.47.